The van der Waals surface area contributed by atoms with Crippen molar-refractivity contribution in [2.45, 2.75) is 177 Å². The first kappa shape index (κ1) is 29.7. The zero-order valence-electron chi connectivity index (χ0n) is 68.9. The molecule has 0 aliphatic carbocycles. The van der Waals surface area contributed by atoms with Crippen molar-refractivity contribution >= 4 is 163 Å². The fraction of sp³-hybridized carbons (Fsp3) is 0.647. The molecule has 0 radical (unpaired) electrons. The van der Waals surface area contributed by atoms with Crippen LogP contribution in [-0.2, 0) is 0 Å². The fourth-order valence-corrected chi connectivity index (χ4v) is 4.59. The van der Waals surface area contributed by atoms with Gasteiger partial charge in [-0.1, -0.05) is 267 Å². The Morgan fingerprint density at radius 1 is 0.417 bits per heavy atom. The average Bonchev–Trinajstić information content (AvgIpc) is 0.734. The van der Waals surface area contributed by atoms with Crippen molar-refractivity contribution in [1.29, 1.82) is 0 Å². The Kier molecular flexibility index (Phi) is 35.0. The van der Waals surface area contributed by atoms with E-state index in [1.54, 1.807) is 52.0 Å². The van der Waals surface area contributed by atoms with Gasteiger partial charge in [0.2, 0.25) is 0 Å². The Morgan fingerprint density at radius 2 is 0.900 bits per heavy atom. The van der Waals surface area contributed by atoms with Crippen molar-refractivity contribution in [3.05, 3.63) is 100 Å². The van der Waals surface area contributed by atoms with Gasteiger partial charge < -0.3 is 0 Å². The van der Waals surface area contributed by atoms with E-state index in [-0.39, 0.29) is 48.8 Å². The van der Waals surface area contributed by atoms with E-state index in [0.717, 1.165) is 49.3 Å². The van der Waals surface area contributed by atoms with Crippen molar-refractivity contribution < 1.29 is 45.2 Å². The number of aryl methyl sites for hydroxylation is 1. The number of rotatable bonds is 18. The van der Waals surface area contributed by atoms with Gasteiger partial charge in [-0.2, -0.15) is 0 Å². The molecule has 0 bridgehead atoms. The zero-order chi connectivity index (χ0) is 76.1. The number of hydrogen-bond donors (Lipinski definition) is 0. The van der Waals surface area contributed by atoms with Crippen LogP contribution in [0.25, 0.3) is 0 Å². The molecule has 0 saturated carbocycles. The van der Waals surface area contributed by atoms with Gasteiger partial charge in [0.1, 0.15) is 0 Å². The van der Waals surface area contributed by atoms with E-state index in [2.05, 4.69) is 125 Å². The Labute approximate surface area is 513 Å². The van der Waals surface area contributed by atoms with Crippen LogP contribution < -0.4 is 0 Å². The van der Waals surface area contributed by atoms with Crippen molar-refractivity contribution in [3.8, 4) is 0 Å². The van der Waals surface area contributed by atoms with Gasteiger partial charge in [0, 0.05) is 76.8 Å². The maximum Gasteiger partial charge on any atom is 0.0634 e. The molecule has 0 heterocycles. The summed E-state index contributed by atoms with van der Waals surface area (Å²) in [5.74, 6) is 0. The molecule has 3 aromatic carbocycles. The molecule has 9 heteroatoms. The smallest absolute Gasteiger partial charge is 0.0634 e. The summed E-state index contributed by atoms with van der Waals surface area (Å²) in [6.45, 7) is 10.6. The minimum Gasteiger partial charge on any atom is -0.0928 e. The summed E-state index contributed by atoms with van der Waals surface area (Å²) in [5.41, 5.74) is 2.14. The van der Waals surface area contributed by atoms with Crippen LogP contribution in [0.2, 0.25) is 0 Å². The third kappa shape index (κ3) is 84.2. The summed E-state index contributed by atoms with van der Waals surface area (Å²) in [5, 5.41) is -4.07. The van der Waals surface area contributed by atoms with Crippen LogP contribution in [0.3, 0.4) is 0 Å². The highest BCUT2D eigenvalue weighted by Gasteiger charge is 1.84. The lowest BCUT2D eigenvalue weighted by Crippen LogP contribution is -1.70. The van der Waals surface area contributed by atoms with E-state index in [4.69, 9.17) is 45.2 Å². The molecule has 0 unspecified atom stereocenters. The van der Waals surface area contributed by atoms with Crippen LogP contribution in [0.4, 0.5) is 0 Å². The quantitative estimate of drug-likeness (QED) is 0.0880. The molecule has 0 nitrogen and oxygen atoms in total. The van der Waals surface area contributed by atoms with Crippen LogP contribution in [0.15, 0.2) is 72.6 Å². The lowest BCUT2D eigenvalue weighted by Gasteiger charge is -1.88. The van der Waals surface area contributed by atoms with Gasteiger partial charge in [0.25, 0.3) is 0 Å². The van der Waals surface area contributed by atoms with Crippen molar-refractivity contribution in [1.82, 2.24) is 0 Å². The minimum atomic E-state index is -3.56. The zero-order valence-corrected chi connectivity index (χ0v) is 51.9. The molecule has 0 aromatic heterocycles. The topological polar surface area (TPSA) is 0 Å². The van der Waals surface area contributed by atoms with Gasteiger partial charge in [-0.05, 0) is 163 Å². The largest absolute Gasteiger partial charge is 0.0928 e. The lowest BCUT2D eigenvalue weighted by atomic mass is 10.2. The van der Waals surface area contributed by atoms with E-state index in [9.17, 15) is 0 Å². The van der Waals surface area contributed by atoms with E-state index >= 15 is 0 Å². The highest BCUT2D eigenvalue weighted by Crippen LogP contribution is 2.06. The number of halogens is 9. The maximum absolute atomic E-state index is 7.43. The molecule has 0 saturated heterocycles. The first-order valence-electron chi connectivity index (χ1n) is 34.9. The van der Waals surface area contributed by atoms with Crippen LogP contribution in [0.1, 0.15) is 219 Å². The minimum absolute atomic E-state index is 0.0425. The molecule has 60 heavy (non-hydrogen) atoms. The van der Waals surface area contributed by atoms with E-state index in [0.29, 0.717) is 57.9 Å². The summed E-state index contributed by atoms with van der Waals surface area (Å²) in [6.07, 6.45) is -10.8. The predicted octanol–water partition coefficient (Wildman–Crippen LogP) is 23.2. The third-order valence-electron chi connectivity index (χ3n) is 5.14. The van der Waals surface area contributed by atoms with E-state index in [1.165, 1.54) is 6.92 Å². The normalized spacial score (nSPS) is 20.0. The summed E-state index contributed by atoms with van der Waals surface area (Å²) in [4.78, 5) is 0. The molecule has 3 rings (SSSR count). The van der Waals surface area contributed by atoms with E-state index in [1.807, 2.05) is 59.0 Å². The van der Waals surface area contributed by atoms with Gasteiger partial charge in [-0.3, -0.25) is 0 Å². The molecule has 0 N–H and O–H groups in total. The summed E-state index contributed by atoms with van der Waals surface area (Å²) in [6, 6.07) is 9.07. The molecule has 3 aromatic rings. The molecule has 0 spiro atoms. The number of unbranched alkanes of at least 4 members (excludes halogenated alkanes) is 1. The lowest BCUT2D eigenvalue weighted by molar-refractivity contribution is 0.781. The SMILES string of the molecule is [2H]C([2H])(Br)CCCC.[2H]C([2H])(C)CCC([2H])([2H])Br.[2H]C([2H])(C)CCCBr.[2H]C([2H])(CBr)CCC.[2H]C([2H])(CC)C([2H])([2H])CBr.[2H]C([2H])([2H])C([2H])([2H])C([2H])([2H])C([2H])([2H])C([2H])([2H])Br.[2H]c1c([2H])c(I)c([2H])c([2H])c1C.[2H]c1cc(C)cc([2H])c1I.[2H]c1cc(I)cc([2H])c1C. The molecule has 0 amide bonds. The summed E-state index contributed by atoms with van der Waals surface area (Å²) in [7, 11) is 0. The van der Waals surface area contributed by atoms with Gasteiger partial charge in [-0.25, -0.2) is 0 Å². The molecule has 0 aliphatic rings. The molecular weight excluding hydrogens is 1470 g/mol. The van der Waals surface area contributed by atoms with Gasteiger partial charge in [0.15, 0.2) is 0 Å². The Bertz CT molecular complexity index is 2300. The average molecular weight is 1590 g/mol. The first-order valence-corrected chi connectivity index (χ1v) is 27.4. The fourth-order valence-electron chi connectivity index (χ4n) is 2.37. The number of alkyl halides is 6. The Hall–Kier alpha value is 2.73. The van der Waals surface area contributed by atoms with Crippen LogP contribution in [-0.4, -0.2) is 31.8 Å². The van der Waals surface area contributed by atoms with Crippen molar-refractivity contribution in [2.24, 2.45) is 0 Å². The molecule has 0 aliphatic heterocycles. The number of benzene rings is 3. The standard InChI is InChI=1S/3C7H7I.6C5H11Br/c3*1-6-2-4-7(8)5-3-6;6*1-2-3-4-5-6/h3*2-5H,1H3;6*2-5H2,1H3/i2D,3D,4D,5D;4D,5D;2D,3D;1D3,2D2,3D2,4D2,5D2;3D2,4D2;2D2,5D2;5D2;4D2;2D2. The van der Waals surface area contributed by atoms with Crippen LogP contribution in [0.5, 0.6) is 0 Å². The summed E-state index contributed by atoms with van der Waals surface area (Å²) < 4.78 is 240. The second-order valence-corrected chi connectivity index (χ2v) is 17.3. The Balaban J connectivity index is -0.000000231. The molecule has 354 valence electrons. The first-order chi connectivity index (χ1) is 41.0. The highest BCUT2D eigenvalue weighted by molar-refractivity contribution is 14.1. The van der Waals surface area contributed by atoms with Gasteiger partial charge in [0.05, 0.1) is 11.0 Å². The van der Waals surface area contributed by atoms with Gasteiger partial charge >= 0.3 is 0 Å². The van der Waals surface area contributed by atoms with Gasteiger partial charge in [-0.15, -0.1) is 0 Å². The maximum atomic E-state index is 7.43. The van der Waals surface area contributed by atoms with Crippen LogP contribution >= 0.6 is 163 Å². The second kappa shape index (κ2) is 70.7. The number of hydrogen-bond acceptors (Lipinski definition) is 0. The highest BCUT2D eigenvalue weighted by atomic mass is 127. The van der Waals surface area contributed by atoms with Crippen molar-refractivity contribution in [3.63, 3.8) is 0 Å². The summed E-state index contributed by atoms with van der Waals surface area (Å²) >= 11 is 23.2. The Morgan fingerprint density at radius 3 is 1.23 bits per heavy atom. The van der Waals surface area contributed by atoms with E-state index < -0.39 is 73.7 Å². The second-order valence-electron chi connectivity index (χ2n) is 10.5. The third-order valence-corrected chi connectivity index (χ3v) is 9.16. The predicted molar refractivity (Wildman–Crippen MR) is 332 cm³/mol. The molecule has 0 atom stereocenters. The molecular formula is C51H87Br6I3. The van der Waals surface area contributed by atoms with Crippen LogP contribution in [0, 0.1) is 31.5 Å². The van der Waals surface area contributed by atoms with Crippen molar-refractivity contribution in [2.75, 3.05) is 31.8 Å². The molecule has 0 fully saturated rings. The monoisotopic (exact) mass is 1590 g/mol.